The number of ether oxygens (including phenoxy) is 1. The van der Waals surface area contributed by atoms with Crippen LogP contribution in [0.25, 0.3) is 0 Å². The van der Waals surface area contributed by atoms with Gasteiger partial charge in [-0.15, -0.1) is 0 Å². The summed E-state index contributed by atoms with van der Waals surface area (Å²) in [6, 6.07) is 4.31. The Morgan fingerprint density at radius 1 is 1.39 bits per heavy atom. The summed E-state index contributed by atoms with van der Waals surface area (Å²) in [6.45, 7) is 0.384. The van der Waals surface area contributed by atoms with Crippen molar-refractivity contribution in [2.75, 3.05) is 0 Å². The average Bonchev–Trinajstić information content (AvgIpc) is 2.38. The van der Waals surface area contributed by atoms with Crippen molar-refractivity contribution in [1.29, 1.82) is 0 Å². The molecule has 1 fully saturated rings. The van der Waals surface area contributed by atoms with E-state index in [-0.39, 0.29) is 11.9 Å². The molecule has 0 atom stereocenters. The second-order valence-electron chi connectivity index (χ2n) is 4.41. The SMILES string of the molecule is ON=C1CCC(OCc2ccc(F)cc2Cl)CC1. The topological polar surface area (TPSA) is 41.8 Å². The lowest BCUT2D eigenvalue weighted by Gasteiger charge is -2.22. The first-order valence-electron chi connectivity index (χ1n) is 5.94. The number of hydrogen-bond donors (Lipinski definition) is 1. The smallest absolute Gasteiger partial charge is 0.124 e. The van der Waals surface area contributed by atoms with E-state index in [4.69, 9.17) is 21.5 Å². The van der Waals surface area contributed by atoms with Crippen LogP contribution in [0.15, 0.2) is 23.4 Å². The van der Waals surface area contributed by atoms with Crippen molar-refractivity contribution in [3.05, 3.63) is 34.6 Å². The minimum absolute atomic E-state index is 0.150. The lowest BCUT2D eigenvalue weighted by atomic mass is 9.96. The molecule has 1 aliphatic carbocycles. The molecule has 0 spiro atoms. The van der Waals surface area contributed by atoms with Gasteiger partial charge in [0.2, 0.25) is 0 Å². The summed E-state index contributed by atoms with van der Waals surface area (Å²) < 4.78 is 18.6. The van der Waals surface area contributed by atoms with Crippen LogP contribution in [-0.4, -0.2) is 17.0 Å². The zero-order valence-electron chi connectivity index (χ0n) is 9.90. The van der Waals surface area contributed by atoms with Gasteiger partial charge in [-0.25, -0.2) is 4.39 Å². The van der Waals surface area contributed by atoms with E-state index in [1.165, 1.54) is 12.1 Å². The molecule has 18 heavy (non-hydrogen) atoms. The normalized spacial score (nSPS) is 19.9. The van der Waals surface area contributed by atoms with Gasteiger partial charge >= 0.3 is 0 Å². The maximum absolute atomic E-state index is 12.9. The van der Waals surface area contributed by atoms with Crippen LogP contribution in [0.4, 0.5) is 4.39 Å². The summed E-state index contributed by atoms with van der Waals surface area (Å²) in [5, 5.41) is 12.3. The van der Waals surface area contributed by atoms with Gasteiger partial charge in [0.1, 0.15) is 5.82 Å². The Balaban J connectivity index is 1.85. The number of rotatable bonds is 3. The Hall–Kier alpha value is -1.13. The maximum atomic E-state index is 12.9. The van der Waals surface area contributed by atoms with Gasteiger partial charge in [0.05, 0.1) is 18.4 Å². The van der Waals surface area contributed by atoms with Crippen molar-refractivity contribution in [3.8, 4) is 0 Å². The molecule has 1 saturated carbocycles. The van der Waals surface area contributed by atoms with Crippen LogP contribution >= 0.6 is 11.6 Å². The highest BCUT2D eigenvalue weighted by Crippen LogP contribution is 2.23. The summed E-state index contributed by atoms with van der Waals surface area (Å²) in [6.07, 6.45) is 3.36. The van der Waals surface area contributed by atoms with Crippen molar-refractivity contribution in [1.82, 2.24) is 0 Å². The zero-order chi connectivity index (χ0) is 13.0. The van der Waals surface area contributed by atoms with Crippen molar-refractivity contribution in [2.45, 2.75) is 38.4 Å². The van der Waals surface area contributed by atoms with Gasteiger partial charge in [0.25, 0.3) is 0 Å². The van der Waals surface area contributed by atoms with Gasteiger partial charge in [-0.3, -0.25) is 0 Å². The van der Waals surface area contributed by atoms with E-state index in [0.717, 1.165) is 37.0 Å². The van der Waals surface area contributed by atoms with Crippen LogP contribution in [0.3, 0.4) is 0 Å². The predicted octanol–water partition coefficient (Wildman–Crippen LogP) is 3.77. The van der Waals surface area contributed by atoms with E-state index in [2.05, 4.69) is 5.16 Å². The van der Waals surface area contributed by atoms with Crippen molar-refractivity contribution in [3.63, 3.8) is 0 Å². The van der Waals surface area contributed by atoms with Crippen molar-refractivity contribution < 1.29 is 14.3 Å². The Labute approximate surface area is 110 Å². The highest BCUT2D eigenvalue weighted by molar-refractivity contribution is 6.31. The molecule has 1 aromatic rings. The molecule has 0 aromatic heterocycles. The standard InChI is InChI=1S/C13H15ClFNO2/c14-13-7-10(15)2-1-9(13)8-18-12-5-3-11(16-17)4-6-12/h1-2,7,12,17H,3-6,8H2. The van der Waals surface area contributed by atoms with Gasteiger partial charge in [-0.2, -0.15) is 0 Å². The summed E-state index contributed by atoms with van der Waals surface area (Å²) in [4.78, 5) is 0. The molecule has 0 bridgehead atoms. The molecule has 5 heteroatoms. The quantitative estimate of drug-likeness (QED) is 0.672. The monoisotopic (exact) mass is 271 g/mol. The summed E-state index contributed by atoms with van der Waals surface area (Å²) >= 11 is 5.92. The molecule has 1 N–H and O–H groups in total. The molecule has 0 aliphatic heterocycles. The lowest BCUT2D eigenvalue weighted by Crippen LogP contribution is -2.21. The second kappa shape index (κ2) is 6.16. The van der Waals surface area contributed by atoms with Gasteiger partial charge < -0.3 is 9.94 Å². The molecule has 3 nitrogen and oxygen atoms in total. The number of nitrogens with zero attached hydrogens (tertiary/aromatic N) is 1. The van der Waals surface area contributed by atoms with Crippen molar-refractivity contribution in [2.24, 2.45) is 5.16 Å². The van der Waals surface area contributed by atoms with Gasteiger partial charge in [0.15, 0.2) is 0 Å². The average molecular weight is 272 g/mol. The van der Waals surface area contributed by atoms with E-state index in [1.807, 2.05) is 0 Å². The van der Waals surface area contributed by atoms with E-state index >= 15 is 0 Å². The molecule has 1 aromatic carbocycles. The first-order valence-corrected chi connectivity index (χ1v) is 6.32. The predicted molar refractivity (Wildman–Crippen MR) is 67.7 cm³/mol. The highest BCUT2D eigenvalue weighted by atomic mass is 35.5. The molecule has 98 valence electrons. The minimum atomic E-state index is -0.342. The first kappa shape index (κ1) is 13.3. The molecule has 2 rings (SSSR count). The molecular weight excluding hydrogens is 257 g/mol. The lowest BCUT2D eigenvalue weighted by molar-refractivity contribution is 0.0277. The van der Waals surface area contributed by atoms with Crippen LogP contribution in [0.1, 0.15) is 31.2 Å². The van der Waals surface area contributed by atoms with Crippen LogP contribution in [-0.2, 0) is 11.3 Å². The largest absolute Gasteiger partial charge is 0.411 e. The molecular formula is C13H15ClFNO2. The number of oxime groups is 1. The Kier molecular flexibility index (Phi) is 4.55. The number of hydrogen-bond acceptors (Lipinski definition) is 3. The van der Waals surface area contributed by atoms with Crippen LogP contribution < -0.4 is 0 Å². The van der Waals surface area contributed by atoms with Gasteiger partial charge in [-0.1, -0.05) is 22.8 Å². The Morgan fingerprint density at radius 3 is 2.72 bits per heavy atom. The van der Waals surface area contributed by atoms with Gasteiger partial charge in [-0.05, 0) is 43.4 Å². The fourth-order valence-electron chi connectivity index (χ4n) is 2.04. The fourth-order valence-corrected chi connectivity index (χ4v) is 2.26. The number of halogens is 2. The van der Waals surface area contributed by atoms with Gasteiger partial charge in [0, 0.05) is 5.02 Å². The first-order chi connectivity index (χ1) is 8.69. The van der Waals surface area contributed by atoms with Crippen LogP contribution in [0.2, 0.25) is 5.02 Å². The minimum Gasteiger partial charge on any atom is -0.411 e. The summed E-state index contributed by atoms with van der Waals surface area (Å²) in [7, 11) is 0. The Bertz CT molecular complexity index is 441. The van der Waals surface area contributed by atoms with E-state index in [0.29, 0.717) is 11.6 Å². The molecule has 0 heterocycles. The third-order valence-electron chi connectivity index (χ3n) is 3.14. The summed E-state index contributed by atoms with van der Waals surface area (Å²) in [5.41, 5.74) is 1.62. The molecule has 0 radical (unpaired) electrons. The van der Waals surface area contributed by atoms with E-state index in [9.17, 15) is 4.39 Å². The Morgan fingerprint density at radius 2 is 2.11 bits per heavy atom. The third-order valence-corrected chi connectivity index (χ3v) is 3.49. The maximum Gasteiger partial charge on any atom is 0.124 e. The highest BCUT2D eigenvalue weighted by Gasteiger charge is 2.18. The molecule has 0 saturated heterocycles. The van der Waals surface area contributed by atoms with Crippen molar-refractivity contribution >= 4 is 17.3 Å². The number of benzene rings is 1. The molecule has 0 amide bonds. The summed E-state index contributed by atoms with van der Waals surface area (Å²) in [5.74, 6) is -0.342. The van der Waals surface area contributed by atoms with E-state index in [1.54, 1.807) is 6.07 Å². The third kappa shape index (κ3) is 3.43. The molecule has 1 aliphatic rings. The molecule has 0 unspecified atom stereocenters. The van der Waals surface area contributed by atoms with Crippen LogP contribution in [0.5, 0.6) is 0 Å². The second-order valence-corrected chi connectivity index (χ2v) is 4.82. The van der Waals surface area contributed by atoms with E-state index < -0.39 is 0 Å². The fraction of sp³-hybridized carbons (Fsp3) is 0.462. The zero-order valence-corrected chi connectivity index (χ0v) is 10.7. The van der Waals surface area contributed by atoms with Crippen LogP contribution in [0, 0.1) is 5.82 Å².